The second kappa shape index (κ2) is 13.6. The summed E-state index contributed by atoms with van der Waals surface area (Å²) >= 11 is 0. The third-order valence-electron chi connectivity index (χ3n) is 8.14. The Hall–Kier alpha value is -2.46. The molecule has 1 saturated carbocycles. The van der Waals surface area contributed by atoms with Crippen LogP contribution in [0.4, 0.5) is 0 Å². The SMILES string of the molecule is CC(c1ccccc1C1CCCCC1)N1CCC(CCCCNC(=O)/C=C\c2cccnc2)CC1. The smallest absolute Gasteiger partial charge is 0.243 e. The highest BCUT2D eigenvalue weighted by atomic mass is 16.1. The lowest BCUT2D eigenvalue weighted by molar-refractivity contribution is -0.116. The standard InChI is InChI=1S/C31H43N3O/c1-25(29-14-5-6-15-30(29)28-12-3-2-4-13-28)34-22-18-26(19-23-34)10-7-8-21-33-31(35)17-16-27-11-9-20-32-24-27/h5-6,9,11,14-17,20,24-26,28H,2-4,7-8,10,12-13,18-19,21-23H2,1H3,(H,33,35)/b17-16-. The van der Waals surface area contributed by atoms with E-state index >= 15 is 0 Å². The fraction of sp³-hybridized carbons (Fsp3) is 0.548. The number of hydrogen-bond donors (Lipinski definition) is 1. The van der Waals surface area contributed by atoms with Crippen LogP contribution in [0.5, 0.6) is 0 Å². The van der Waals surface area contributed by atoms with E-state index in [0.717, 1.165) is 30.4 Å². The van der Waals surface area contributed by atoms with Crippen LogP contribution in [0.2, 0.25) is 0 Å². The van der Waals surface area contributed by atoms with Crippen LogP contribution in [-0.4, -0.2) is 35.4 Å². The van der Waals surface area contributed by atoms with Gasteiger partial charge in [-0.05, 0) is 92.8 Å². The number of benzene rings is 1. The van der Waals surface area contributed by atoms with Gasteiger partial charge in [-0.3, -0.25) is 14.7 Å². The van der Waals surface area contributed by atoms with Crippen LogP contribution in [0.3, 0.4) is 0 Å². The molecule has 4 nitrogen and oxygen atoms in total. The molecule has 1 aliphatic heterocycles. The molecular weight excluding hydrogens is 430 g/mol. The van der Waals surface area contributed by atoms with E-state index in [9.17, 15) is 4.79 Å². The van der Waals surface area contributed by atoms with E-state index in [-0.39, 0.29) is 5.91 Å². The van der Waals surface area contributed by atoms with Gasteiger partial charge in [0.05, 0.1) is 0 Å². The van der Waals surface area contributed by atoms with Crippen molar-refractivity contribution < 1.29 is 4.79 Å². The van der Waals surface area contributed by atoms with E-state index in [4.69, 9.17) is 0 Å². The van der Waals surface area contributed by atoms with Gasteiger partial charge in [0.25, 0.3) is 0 Å². The van der Waals surface area contributed by atoms with E-state index in [1.54, 1.807) is 29.6 Å². The van der Waals surface area contributed by atoms with Crippen molar-refractivity contribution in [3.8, 4) is 0 Å². The average Bonchev–Trinajstić information content (AvgIpc) is 2.93. The van der Waals surface area contributed by atoms with Crippen molar-refractivity contribution >= 4 is 12.0 Å². The molecule has 1 amide bonds. The summed E-state index contributed by atoms with van der Waals surface area (Å²) in [5.41, 5.74) is 4.14. The molecule has 188 valence electrons. The zero-order valence-electron chi connectivity index (χ0n) is 21.5. The van der Waals surface area contributed by atoms with Gasteiger partial charge in [-0.1, -0.05) is 62.4 Å². The molecular formula is C31H43N3O. The Morgan fingerprint density at radius 3 is 2.63 bits per heavy atom. The second-order valence-corrected chi connectivity index (χ2v) is 10.5. The average molecular weight is 474 g/mol. The minimum Gasteiger partial charge on any atom is -0.353 e. The van der Waals surface area contributed by atoms with Crippen molar-refractivity contribution in [2.75, 3.05) is 19.6 Å². The van der Waals surface area contributed by atoms with Crippen LogP contribution in [0, 0.1) is 5.92 Å². The number of aromatic nitrogens is 1. The summed E-state index contributed by atoms with van der Waals surface area (Å²) in [4.78, 5) is 18.8. The molecule has 4 heteroatoms. The third-order valence-corrected chi connectivity index (χ3v) is 8.14. The number of likely N-dealkylation sites (tertiary alicyclic amines) is 1. The summed E-state index contributed by atoms with van der Waals surface area (Å²) in [6.07, 6.45) is 20.0. The number of nitrogens with zero attached hydrogens (tertiary/aromatic N) is 2. The summed E-state index contributed by atoms with van der Waals surface area (Å²) in [5.74, 6) is 1.57. The molecule has 2 heterocycles. The number of piperidine rings is 1. The summed E-state index contributed by atoms with van der Waals surface area (Å²) in [6, 6.07) is 13.6. The predicted molar refractivity (Wildman–Crippen MR) is 145 cm³/mol. The first-order valence-electron chi connectivity index (χ1n) is 13.9. The van der Waals surface area contributed by atoms with Gasteiger partial charge in [0.1, 0.15) is 0 Å². The van der Waals surface area contributed by atoms with Crippen LogP contribution in [0.1, 0.15) is 99.8 Å². The summed E-state index contributed by atoms with van der Waals surface area (Å²) in [5, 5.41) is 3.01. The second-order valence-electron chi connectivity index (χ2n) is 10.5. The van der Waals surface area contributed by atoms with Gasteiger partial charge in [-0.2, -0.15) is 0 Å². The van der Waals surface area contributed by atoms with Gasteiger partial charge in [-0.25, -0.2) is 0 Å². The molecule has 0 radical (unpaired) electrons. The maximum atomic E-state index is 12.0. The van der Waals surface area contributed by atoms with Gasteiger partial charge in [0.15, 0.2) is 0 Å². The largest absolute Gasteiger partial charge is 0.353 e. The topological polar surface area (TPSA) is 45.2 Å². The molecule has 2 aliphatic rings. The van der Waals surface area contributed by atoms with Gasteiger partial charge in [-0.15, -0.1) is 0 Å². The molecule has 35 heavy (non-hydrogen) atoms. The number of amides is 1. The highest BCUT2D eigenvalue weighted by molar-refractivity contribution is 5.91. The van der Waals surface area contributed by atoms with Crippen molar-refractivity contribution in [3.63, 3.8) is 0 Å². The van der Waals surface area contributed by atoms with E-state index in [0.29, 0.717) is 6.04 Å². The maximum absolute atomic E-state index is 12.0. The molecule has 1 unspecified atom stereocenters. The Labute approximate surface area is 212 Å². The molecule has 1 atom stereocenters. The molecule has 0 bridgehead atoms. The van der Waals surface area contributed by atoms with Gasteiger partial charge >= 0.3 is 0 Å². The van der Waals surface area contributed by atoms with Gasteiger partial charge in [0, 0.05) is 31.1 Å². The highest BCUT2D eigenvalue weighted by Crippen LogP contribution is 2.38. The fourth-order valence-electron chi connectivity index (χ4n) is 5.98. The summed E-state index contributed by atoms with van der Waals surface area (Å²) in [7, 11) is 0. The Morgan fingerprint density at radius 2 is 1.86 bits per heavy atom. The van der Waals surface area contributed by atoms with Crippen molar-refractivity contribution in [2.24, 2.45) is 5.92 Å². The molecule has 4 rings (SSSR count). The van der Waals surface area contributed by atoms with Gasteiger partial charge in [0.2, 0.25) is 5.91 Å². The lowest BCUT2D eigenvalue weighted by atomic mass is 9.80. The van der Waals surface area contributed by atoms with Crippen molar-refractivity contribution in [2.45, 2.75) is 83.1 Å². The van der Waals surface area contributed by atoms with E-state index in [2.05, 4.69) is 46.4 Å². The molecule has 1 saturated heterocycles. The molecule has 2 aromatic rings. The Balaban J connectivity index is 1.14. The number of nitrogens with one attached hydrogen (secondary N) is 1. The van der Waals surface area contributed by atoms with E-state index in [1.807, 2.05) is 18.2 Å². The van der Waals surface area contributed by atoms with Crippen LogP contribution in [0.15, 0.2) is 54.9 Å². The van der Waals surface area contributed by atoms with Crippen LogP contribution in [0.25, 0.3) is 6.08 Å². The molecule has 1 N–H and O–H groups in total. The minimum atomic E-state index is -0.0235. The van der Waals surface area contributed by atoms with Crippen molar-refractivity contribution in [3.05, 3.63) is 71.6 Å². The Kier molecular flexibility index (Phi) is 9.94. The monoisotopic (exact) mass is 473 g/mol. The third kappa shape index (κ3) is 7.76. The normalized spacial score (nSPS) is 19.1. The summed E-state index contributed by atoms with van der Waals surface area (Å²) < 4.78 is 0. The number of carbonyl (C=O) groups is 1. The first-order valence-corrected chi connectivity index (χ1v) is 13.9. The van der Waals surface area contributed by atoms with E-state index in [1.165, 1.54) is 70.9 Å². The van der Waals surface area contributed by atoms with Gasteiger partial charge < -0.3 is 5.32 Å². The number of hydrogen-bond acceptors (Lipinski definition) is 3. The highest BCUT2D eigenvalue weighted by Gasteiger charge is 2.26. The quantitative estimate of drug-likeness (QED) is 0.301. The number of rotatable bonds is 10. The van der Waals surface area contributed by atoms with Crippen LogP contribution >= 0.6 is 0 Å². The number of unbranched alkanes of at least 4 members (excludes halogenated alkanes) is 1. The van der Waals surface area contributed by atoms with Crippen LogP contribution < -0.4 is 5.32 Å². The first kappa shape index (κ1) is 25.6. The molecule has 0 spiro atoms. The summed E-state index contributed by atoms with van der Waals surface area (Å²) in [6.45, 7) is 5.60. The number of carbonyl (C=O) groups excluding carboxylic acids is 1. The Bertz CT molecular complexity index is 927. The van der Waals surface area contributed by atoms with Crippen LogP contribution in [-0.2, 0) is 4.79 Å². The van der Waals surface area contributed by atoms with Crippen molar-refractivity contribution in [1.29, 1.82) is 0 Å². The Morgan fingerprint density at radius 1 is 1.06 bits per heavy atom. The lowest BCUT2D eigenvalue weighted by Gasteiger charge is -2.38. The fourth-order valence-corrected chi connectivity index (χ4v) is 5.98. The first-order chi connectivity index (χ1) is 17.2. The van der Waals surface area contributed by atoms with Crippen molar-refractivity contribution in [1.82, 2.24) is 15.2 Å². The molecule has 1 aromatic heterocycles. The maximum Gasteiger partial charge on any atom is 0.243 e. The lowest BCUT2D eigenvalue weighted by Crippen LogP contribution is -2.36. The molecule has 2 fully saturated rings. The zero-order chi connectivity index (χ0) is 24.3. The minimum absolute atomic E-state index is 0.0235. The molecule has 1 aliphatic carbocycles. The predicted octanol–water partition coefficient (Wildman–Crippen LogP) is 6.90. The number of pyridine rings is 1. The zero-order valence-corrected chi connectivity index (χ0v) is 21.5. The van der Waals surface area contributed by atoms with E-state index < -0.39 is 0 Å². The molecule has 1 aromatic carbocycles.